The molecule has 1 heterocycles. The maximum atomic E-state index is 12.1. The van der Waals surface area contributed by atoms with Crippen molar-refractivity contribution in [2.75, 3.05) is 26.6 Å². The minimum absolute atomic E-state index is 0.00110. The van der Waals surface area contributed by atoms with E-state index in [-0.39, 0.29) is 26.8 Å². The van der Waals surface area contributed by atoms with Gasteiger partial charge in [-0.05, 0) is 24.3 Å². The topological polar surface area (TPSA) is 131 Å². The van der Waals surface area contributed by atoms with Gasteiger partial charge >= 0.3 is 17.9 Å². The number of methoxy groups -OCH3 is 2. The van der Waals surface area contributed by atoms with E-state index in [1.54, 1.807) is 31.2 Å². The molecule has 0 atom stereocenters. The first-order chi connectivity index (χ1) is 14.3. The molecular weight excluding hydrogens is 414 g/mol. The number of carbonyl (C=O) groups is 4. The first-order valence-electron chi connectivity index (χ1n) is 8.81. The van der Waals surface area contributed by atoms with Crippen LogP contribution in [0.4, 0.5) is 5.00 Å². The van der Waals surface area contributed by atoms with Gasteiger partial charge in [0.25, 0.3) is 0 Å². The second kappa shape index (κ2) is 10.4. The molecule has 1 aromatic heterocycles. The van der Waals surface area contributed by atoms with Gasteiger partial charge in [-0.2, -0.15) is 0 Å². The average Bonchev–Trinajstić information content (AvgIpc) is 3.10. The average molecular weight is 435 g/mol. The fraction of sp³-hybridized carbons (Fsp3) is 0.300. The van der Waals surface area contributed by atoms with Crippen LogP contribution in [-0.2, 0) is 25.6 Å². The third-order valence-electron chi connectivity index (χ3n) is 4.03. The molecule has 0 bridgehead atoms. The Morgan fingerprint density at radius 2 is 1.63 bits per heavy atom. The molecule has 0 amide bonds. The van der Waals surface area contributed by atoms with Gasteiger partial charge in [0.15, 0.2) is 12.4 Å². The molecule has 160 valence electrons. The number of nitrogen functional groups attached to an aromatic ring is 1. The number of rotatable bonds is 9. The molecule has 0 aliphatic rings. The van der Waals surface area contributed by atoms with Gasteiger partial charge in [-0.1, -0.05) is 6.92 Å². The van der Waals surface area contributed by atoms with E-state index in [9.17, 15) is 19.2 Å². The van der Waals surface area contributed by atoms with E-state index in [0.29, 0.717) is 17.7 Å². The van der Waals surface area contributed by atoms with Crippen molar-refractivity contribution in [3.05, 3.63) is 45.8 Å². The number of hydrogen-bond acceptors (Lipinski definition) is 10. The third-order valence-corrected chi connectivity index (χ3v) is 5.07. The summed E-state index contributed by atoms with van der Waals surface area (Å²) >= 11 is 0.837. The number of carbonyl (C=O) groups excluding carboxylic acids is 4. The molecule has 0 aliphatic carbocycles. The molecule has 2 rings (SSSR count). The maximum absolute atomic E-state index is 12.1. The molecule has 0 saturated heterocycles. The molecule has 0 aliphatic heterocycles. The highest BCUT2D eigenvalue weighted by atomic mass is 32.1. The zero-order valence-corrected chi connectivity index (χ0v) is 17.5. The first kappa shape index (κ1) is 22.9. The lowest BCUT2D eigenvalue weighted by atomic mass is 10.1. The van der Waals surface area contributed by atoms with Gasteiger partial charge in [-0.3, -0.25) is 4.79 Å². The van der Waals surface area contributed by atoms with Crippen LogP contribution in [0.15, 0.2) is 24.3 Å². The smallest absolute Gasteiger partial charge is 0.348 e. The van der Waals surface area contributed by atoms with Crippen LogP contribution < -0.4 is 10.5 Å². The number of ether oxygens (including phenoxy) is 4. The van der Waals surface area contributed by atoms with Crippen molar-refractivity contribution < 1.29 is 38.1 Å². The Labute approximate surface area is 176 Å². The Kier molecular flexibility index (Phi) is 7.93. The number of Topliss-reactive ketones (excluding diaryl/α,β-unsaturated/α-hetero) is 1. The van der Waals surface area contributed by atoms with Crippen LogP contribution in [0.3, 0.4) is 0 Å². The Bertz CT molecular complexity index is 948. The molecule has 9 nitrogen and oxygen atoms in total. The SMILES string of the molecule is CCC(=O)c1ccc(OCC(=O)OCc2c(C(=O)OC)sc(N)c2C(=O)OC)cc1. The van der Waals surface area contributed by atoms with Crippen LogP contribution in [0.25, 0.3) is 0 Å². The predicted octanol–water partition coefficient (Wildman–Crippen LogP) is 2.62. The lowest BCUT2D eigenvalue weighted by Gasteiger charge is -2.09. The fourth-order valence-electron chi connectivity index (χ4n) is 2.48. The number of anilines is 1. The molecule has 10 heteroatoms. The number of benzene rings is 1. The summed E-state index contributed by atoms with van der Waals surface area (Å²) in [7, 11) is 2.35. The standard InChI is InChI=1S/C20H21NO8S/c1-4-14(22)11-5-7-12(8-6-11)28-10-15(23)29-9-13-16(19(24)26-2)18(21)30-17(13)20(25)27-3/h5-8H,4,9-10,21H2,1-3H3. The van der Waals surface area contributed by atoms with Crippen molar-refractivity contribution in [3.63, 3.8) is 0 Å². The highest BCUT2D eigenvalue weighted by Gasteiger charge is 2.28. The number of ketones is 1. The summed E-state index contributed by atoms with van der Waals surface area (Å²) < 4.78 is 19.8. The summed E-state index contributed by atoms with van der Waals surface area (Å²) in [6, 6.07) is 6.35. The predicted molar refractivity (Wildman–Crippen MR) is 108 cm³/mol. The van der Waals surface area contributed by atoms with Crippen molar-refractivity contribution in [2.45, 2.75) is 20.0 Å². The van der Waals surface area contributed by atoms with Gasteiger partial charge in [0, 0.05) is 17.5 Å². The highest BCUT2D eigenvalue weighted by molar-refractivity contribution is 7.18. The van der Waals surface area contributed by atoms with Crippen LogP contribution in [0, 0.1) is 0 Å². The lowest BCUT2D eigenvalue weighted by molar-refractivity contribution is -0.147. The Morgan fingerprint density at radius 1 is 1.00 bits per heavy atom. The van der Waals surface area contributed by atoms with Crippen LogP contribution >= 0.6 is 11.3 Å². The third kappa shape index (κ3) is 5.35. The summed E-state index contributed by atoms with van der Waals surface area (Å²) in [6.07, 6.45) is 0.390. The normalized spacial score (nSPS) is 10.2. The van der Waals surface area contributed by atoms with Crippen molar-refractivity contribution in [1.82, 2.24) is 0 Å². The Balaban J connectivity index is 2.04. The van der Waals surface area contributed by atoms with Crippen LogP contribution in [0.5, 0.6) is 5.75 Å². The minimum atomic E-state index is -0.761. The van der Waals surface area contributed by atoms with E-state index < -0.39 is 31.1 Å². The maximum Gasteiger partial charge on any atom is 0.348 e. The molecule has 1 aromatic carbocycles. The number of hydrogen-bond donors (Lipinski definition) is 1. The second-order valence-electron chi connectivity index (χ2n) is 5.88. The Hall–Kier alpha value is -3.40. The molecule has 2 aromatic rings. The van der Waals surface area contributed by atoms with Gasteiger partial charge < -0.3 is 24.7 Å². The molecule has 0 radical (unpaired) electrons. The lowest BCUT2D eigenvalue weighted by Crippen LogP contribution is -2.17. The van der Waals surface area contributed by atoms with E-state index in [2.05, 4.69) is 9.47 Å². The minimum Gasteiger partial charge on any atom is -0.482 e. The molecule has 2 N–H and O–H groups in total. The van der Waals surface area contributed by atoms with E-state index in [1.165, 1.54) is 14.2 Å². The largest absolute Gasteiger partial charge is 0.482 e. The summed E-state index contributed by atoms with van der Waals surface area (Å²) in [5.41, 5.74) is 6.42. The highest BCUT2D eigenvalue weighted by Crippen LogP contribution is 2.33. The van der Waals surface area contributed by atoms with Crippen LogP contribution in [-0.4, -0.2) is 44.5 Å². The summed E-state index contributed by atoms with van der Waals surface area (Å²) in [5.74, 6) is -1.84. The number of esters is 3. The molecule has 0 spiro atoms. The van der Waals surface area contributed by atoms with E-state index >= 15 is 0 Å². The molecule has 0 saturated carbocycles. The zero-order chi connectivity index (χ0) is 22.3. The van der Waals surface area contributed by atoms with Gasteiger partial charge in [0.1, 0.15) is 27.8 Å². The van der Waals surface area contributed by atoms with Gasteiger partial charge in [-0.15, -0.1) is 11.3 Å². The number of thiophene rings is 1. The van der Waals surface area contributed by atoms with Crippen LogP contribution in [0.1, 0.15) is 49.3 Å². The van der Waals surface area contributed by atoms with Crippen molar-refractivity contribution in [2.24, 2.45) is 0 Å². The summed E-state index contributed by atoms with van der Waals surface area (Å²) in [4.78, 5) is 47.7. The first-order valence-corrected chi connectivity index (χ1v) is 9.63. The second-order valence-corrected chi connectivity index (χ2v) is 6.93. The molecule has 0 fully saturated rings. The molecular formula is C20H21NO8S. The monoisotopic (exact) mass is 435 g/mol. The Morgan fingerprint density at radius 3 is 2.20 bits per heavy atom. The molecule has 0 unspecified atom stereocenters. The van der Waals surface area contributed by atoms with Crippen molar-refractivity contribution >= 4 is 40.0 Å². The fourth-order valence-corrected chi connectivity index (χ4v) is 3.46. The van der Waals surface area contributed by atoms with E-state index in [0.717, 1.165) is 11.3 Å². The number of nitrogens with two attached hydrogens (primary N) is 1. The quantitative estimate of drug-likeness (QED) is 0.359. The van der Waals surface area contributed by atoms with Gasteiger partial charge in [-0.25, -0.2) is 14.4 Å². The van der Waals surface area contributed by atoms with E-state index in [4.69, 9.17) is 15.2 Å². The van der Waals surface area contributed by atoms with Crippen LogP contribution in [0.2, 0.25) is 0 Å². The summed E-state index contributed by atoms with van der Waals surface area (Å²) in [6.45, 7) is 0.956. The summed E-state index contributed by atoms with van der Waals surface area (Å²) in [5, 5.41) is 0.0475. The zero-order valence-electron chi connectivity index (χ0n) is 16.7. The molecule has 30 heavy (non-hydrogen) atoms. The van der Waals surface area contributed by atoms with Crippen molar-refractivity contribution in [1.29, 1.82) is 0 Å². The van der Waals surface area contributed by atoms with E-state index in [1.807, 2.05) is 0 Å². The van der Waals surface area contributed by atoms with Gasteiger partial charge in [0.05, 0.1) is 14.2 Å². The van der Waals surface area contributed by atoms with Gasteiger partial charge in [0.2, 0.25) is 0 Å². The van der Waals surface area contributed by atoms with Crippen molar-refractivity contribution in [3.8, 4) is 5.75 Å².